The first kappa shape index (κ1) is 24.6. The average Bonchev–Trinajstić information content (AvgIpc) is 2.74. The number of benzene rings is 2. The number of nitrogens with one attached hydrogen (secondary N) is 2. The van der Waals surface area contributed by atoms with Crippen LogP contribution in [0.4, 0.5) is 10.1 Å². The lowest BCUT2D eigenvalue weighted by atomic mass is 10.2. The Bertz CT molecular complexity index is 920. The van der Waals surface area contributed by atoms with Crippen molar-refractivity contribution >= 4 is 46.3 Å². The van der Waals surface area contributed by atoms with Gasteiger partial charge in [-0.1, -0.05) is 6.92 Å². The third kappa shape index (κ3) is 8.52. The van der Waals surface area contributed by atoms with Crippen LogP contribution in [-0.2, 0) is 9.59 Å². The molecule has 0 aromatic heterocycles. The molecule has 0 fully saturated rings. The van der Waals surface area contributed by atoms with Gasteiger partial charge in [-0.3, -0.25) is 9.59 Å². The number of halogens is 2. The molecular weight excluding hydrogens is 516 g/mol. The molecule has 0 bridgehead atoms. The number of hydrogen-bond acceptors (Lipinski definition) is 5. The van der Waals surface area contributed by atoms with Crippen LogP contribution in [0, 0.1) is 9.39 Å². The summed E-state index contributed by atoms with van der Waals surface area (Å²) >= 11 is 2.17. The zero-order valence-electron chi connectivity index (χ0n) is 17.4. The van der Waals surface area contributed by atoms with E-state index in [0.29, 0.717) is 30.4 Å². The number of carbonyl (C=O) groups excluding carboxylic acids is 2. The van der Waals surface area contributed by atoms with E-state index in [0.717, 1.165) is 15.6 Å². The van der Waals surface area contributed by atoms with E-state index in [1.54, 1.807) is 6.07 Å². The van der Waals surface area contributed by atoms with Gasteiger partial charge in [0.15, 0.2) is 11.5 Å². The second-order valence-corrected chi connectivity index (χ2v) is 7.62. The normalized spacial score (nSPS) is 10.7. The van der Waals surface area contributed by atoms with Crippen LogP contribution < -0.4 is 20.2 Å². The van der Waals surface area contributed by atoms with Crippen LogP contribution in [0.25, 0.3) is 0 Å². The monoisotopic (exact) mass is 541 g/mol. The van der Waals surface area contributed by atoms with Crippen LogP contribution in [0.1, 0.15) is 38.7 Å². The minimum absolute atomic E-state index is 0.0193. The Labute approximate surface area is 194 Å². The Morgan fingerprint density at radius 2 is 1.81 bits per heavy atom. The molecule has 2 rings (SSSR count). The number of amides is 2. The van der Waals surface area contributed by atoms with Crippen molar-refractivity contribution in [1.82, 2.24) is 5.43 Å². The first-order valence-electron chi connectivity index (χ1n) is 9.89. The van der Waals surface area contributed by atoms with Gasteiger partial charge in [0.1, 0.15) is 5.82 Å². The lowest BCUT2D eigenvalue weighted by Crippen LogP contribution is -2.20. The predicted molar refractivity (Wildman–Crippen MR) is 126 cm³/mol. The van der Waals surface area contributed by atoms with E-state index < -0.39 is 5.91 Å². The summed E-state index contributed by atoms with van der Waals surface area (Å²) in [5.41, 5.74) is 3.61. The standard InChI is InChI=1S/C22H25FIN3O4/c1-3-11-31-22-18(24)12-15(13-19(22)30-4-2)14-25-27-21(29)10-9-20(28)26-17-7-5-16(23)6-8-17/h5-8,12-14H,3-4,9-11H2,1-2H3,(H,26,28)(H,27,29). The summed E-state index contributed by atoms with van der Waals surface area (Å²) in [5, 5.41) is 6.55. The molecule has 0 unspecified atom stereocenters. The summed E-state index contributed by atoms with van der Waals surface area (Å²) in [6.45, 7) is 5.01. The quantitative estimate of drug-likeness (QED) is 0.250. The highest BCUT2D eigenvalue weighted by atomic mass is 127. The molecule has 2 N–H and O–H groups in total. The van der Waals surface area contributed by atoms with Crippen molar-refractivity contribution in [2.45, 2.75) is 33.1 Å². The van der Waals surface area contributed by atoms with Gasteiger partial charge < -0.3 is 14.8 Å². The molecule has 0 atom stereocenters. The molecule has 9 heteroatoms. The van der Waals surface area contributed by atoms with Gasteiger partial charge in [-0.2, -0.15) is 5.10 Å². The molecule has 2 aromatic carbocycles. The Kier molecular flexibility index (Phi) is 10.2. The van der Waals surface area contributed by atoms with Gasteiger partial charge in [-0.15, -0.1) is 0 Å². The average molecular weight is 541 g/mol. The highest BCUT2D eigenvalue weighted by Gasteiger charge is 2.12. The molecule has 0 saturated heterocycles. The fraction of sp³-hybridized carbons (Fsp3) is 0.318. The SMILES string of the molecule is CCCOc1c(I)cc(C=NNC(=O)CCC(=O)Nc2ccc(F)cc2)cc1OCC. The molecule has 0 spiro atoms. The van der Waals surface area contributed by atoms with Crippen molar-refractivity contribution in [3.05, 3.63) is 51.3 Å². The van der Waals surface area contributed by atoms with Crippen molar-refractivity contribution in [3.8, 4) is 11.5 Å². The van der Waals surface area contributed by atoms with Crippen LogP contribution in [0.3, 0.4) is 0 Å². The lowest BCUT2D eigenvalue weighted by molar-refractivity contribution is -0.124. The second kappa shape index (κ2) is 12.9. The molecule has 0 radical (unpaired) electrons. The fourth-order valence-corrected chi connectivity index (χ4v) is 3.27. The van der Waals surface area contributed by atoms with Gasteiger partial charge in [0, 0.05) is 18.5 Å². The largest absolute Gasteiger partial charge is 0.490 e. The van der Waals surface area contributed by atoms with Crippen LogP contribution in [0.15, 0.2) is 41.5 Å². The molecule has 0 aliphatic heterocycles. The summed E-state index contributed by atoms with van der Waals surface area (Å²) in [6, 6.07) is 9.07. The number of nitrogens with zero attached hydrogens (tertiary/aromatic N) is 1. The van der Waals surface area contributed by atoms with Crippen LogP contribution in [-0.4, -0.2) is 31.2 Å². The first-order valence-corrected chi connectivity index (χ1v) is 11.0. The topological polar surface area (TPSA) is 89.0 Å². The Morgan fingerprint density at radius 3 is 2.48 bits per heavy atom. The van der Waals surface area contributed by atoms with E-state index in [4.69, 9.17) is 9.47 Å². The minimum Gasteiger partial charge on any atom is -0.490 e. The molecule has 2 amide bonds. The van der Waals surface area contributed by atoms with Gasteiger partial charge in [0.25, 0.3) is 0 Å². The van der Waals surface area contributed by atoms with Gasteiger partial charge in [0.2, 0.25) is 11.8 Å². The maximum absolute atomic E-state index is 12.9. The Morgan fingerprint density at radius 1 is 1.10 bits per heavy atom. The zero-order chi connectivity index (χ0) is 22.6. The zero-order valence-corrected chi connectivity index (χ0v) is 19.6. The Balaban J connectivity index is 1.87. The molecule has 7 nitrogen and oxygen atoms in total. The van der Waals surface area contributed by atoms with E-state index in [2.05, 4.69) is 38.4 Å². The van der Waals surface area contributed by atoms with Gasteiger partial charge in [0.05, 0.1) is 23.0 Å². The highest BCUT2D eigenvalue weighted by molar-refractivity contribution is 14.1. The molecule has 0 heterocycles. The number of carbonyl (C=O) groups is 2. The molecule has 0 aliphatic rings. The predicted octanol–water partition coefficient (Wildman–Crippen LogP) is 4.49. The lowest BCUT2D eigenvalue weighted by Gasteiger charge is -2.14. The summed E-state index contributed by atoms with van der Waals surface area (Å²) in [4.78, 5) is 23.8. The third-order valence-electron chi connectivity index (χ3n) is 3.89. The number of ether oxygens (including phenoxy) is 2. The first-order chi connectivity index (χ1) is 14.9. The van der Waals surface area contributed by atoms with E-state index in [-0.39, 0.29) is 24.6 Å². The maximum Gasteiger partial charge on any atom is 0.240 e. The van der Waals surface area contributed by atoms with Crippen molar-refractivity contribution in [1.29, 1.82) is 0 Å². The van der Waals surface area contributed by atoms with Crippen LogP contribution in [0.5, 0.6) is 11.5 Å². The van der Waals surface area contributed by atoms with Crippen LogP contribution >= 0.6 is 22.6 Å². The number of hydrogen-bond donors (Lipinski definition) is 2. The van der Waals surface area contributed by atoms with Gasteiger partial charge >= 0.3 is 0 Å². The number of anilines is 1. The Hall–Kier alpha value is -2.69. The molecule has 0 aliphatic carbocycles. The van der Waals surface area contributed by atoms with E-state index in [9.17, 15) is 14.0 Å². The maximum atomic E-state index is 12.9. The number of hydrazone groups is 1. The second-order valence-electron chi connectivity index (χ2n) is 6.46. The molecule has 2 aromatic rings. The smallest absolute Gasteiger partial charge is 0.240 e. The third-order valence-corrected chi connectivity index (χ3v) is 4.69. The van der Waals surface area contributed by atoms with E-state index in [1.807, 2.05) is 19.9 Å². The van der Waals surface area contributed by atoms with E-state index in [1.165, 1.54) is 30.5 Å². The minimum atomic E-state index is -0.395. The van der Waals surface area contributed by atoms with Crippen molar-refractivity contribution in [2.24, 2.45) is 5.10 Å². The summed E-state index contributed by atoms with van der Waals surface area (Å²) < 4.78 is 25.2. The summed E-state index contributed by atoms with van der Waals surface area (Å²) in [6.07, 6.45) is 2.34. The summed E-state index contributed by atoms with van der Waals surface area (Å²) in [5.74, 6) is 0.185. The van der Waals surface area contributed by atoms with Crippen molar-refractivity contribution < 1.29 is 23.5 Å². The molecule has 0 saturated carbocycles. The van der Waals surface area contributed by atoms with Crippen LogP contribution in [0.2, 0.25) is 0 Å². The van der Waals surface area contributed by atoms with Crippen molar-refractivity contribution in [2.75, 3.05) is 18.5 Å². The number of rotatable bonds is 11. The van der Waals surface area contributed by atoms with Gasteiger partial charge in [-0.25, -0.2) is 9.82 Å². The molecule has 31 heavy (non-hydrogen) atoms. The fourth-order valence-electron chi connectivity index (χ4n) is 2.49. The molecular formula is C22H25FIN3O4. The van der Waals surface area contributed by atoms with Gasteiger partial charge in [-0.05, 0) is 77.9 Å². The summed E-state index contributed by atoms with van der Waals surface area (Å²) in [7, 11) is 0. The van der Waals surface area contributed by atoms with Crippen molar-refractivity contribution in [3.63, 3.8) is 0 Å². The highest BCUT2D eigenvalue weighted by Crippen LogP contribution is 2.34. The molecule has 166 valence electrons. The van der Waals surface area contributed by atoms with E-state index >= 15 is 0 Å².